The van der Waals surface area contributed by atoms with E-state index in [9.17, 15) is 15.3 Å². The van der Waals surface area contributed by atoms with Crippen LogP contribution in [0.5, 0.6) is 23.0 Å². The fourth-order valence-electron chi connectivity index (χ4n) is 2.82. The number of aromatic hydroxyl groups is 2. The van der Waals surface area contributed by atoms with E-state index in [1.54, 1.807) is 14.2 Å². The van der Waals surface area contributed by atoms with Crippen LogP contribution in [0.25, 0.3) is 0 Å². The van der Waals surface area contributed by atoms with Gasteiger partial charge < -0.3 is 30.5 Å². The lowest BCUT2D eigenvalue weighted by molar-refractivity contribution is 0.121. The Bertz CT molecular complexity index is 749. The van der Waals surface area contributed by atoms with E-state index in [2.05, 4.69) is 0 Å². The van der Waals surface area contributed by atoms with Crippen molar-refractivity contribution in [2.75, 3.05) is 14.2 Å². The maximum Gasteiger partial charge on any atom is 0.176 e. The highest BCUT2D eigenvalue weighted by molar-refractivity contribution is 6.32. The van der Waals surface area contributed by atoms with Gasteiger partial charge in [-0.25, -0.2) is 0 Å². The van der Waals surface area contributed by atoms with E-state index in [-0.39, 0.29) is 23.3 Å². The number of phenols is 2. The number of ether oxygens (including phenoxy) is 2. The first kappa shape index (κ1) is 23.2. The third kappa shape index (κ3) is 5.32. The predicted molar refractivity (Wildman–Crippen MR) is 107 cm³/mol. The van der Waals surface area contributed by atoms with Gasteiger partial charge in [-0.15, -0.1) is 12.4 Å². The second kappa shape index (κ2) is 9.90. The first-order valence-electron chi connectivity index (χ1n) is 8.14. The van der Waals surface area contributed by atoms with Crippen molar-refractivity contribution in [3.05, 3.63) is 46.5 Å². The van der Waals surface area contributed by atoms with Gasteiger partial charge in [0.05, 0.1) is 25.3 Å². The Morgan fingerprint density at radius 2 is 1.70 bits per heavy atom. The second-order valence-electron chi connectivity index (χ2n) is 6.26. The smallest absolute Gasteiger partial charge is 0.176 e. The lowest BCUT2D eigenvalue weighted by atomic mass is 9.88. The maximum absolute atomic E-state index is 10.5. The molecule has 6 nitrogen and oxygen atoms in total. The van der Waals surface area contributed by atoms with Crippen LogP contribution in [0.4, 0.5) is 0 Å². The van der Waals surface area contributed by atoms with Crippen LogP contribution in [0, 0.1) is 5.92 Å². The van der Waals surface area contributed by atoms with Crippen molar-refractivity contribution >= 4 is 24.0 Å². The first-order valence-corrected chi connectivity index (χ1v) is 8.52. The van der Waals surface area contributed by atoms with Gasteiger partial charge in [-0.3, -0.25) is 0 Å². The fraction of sp³-hybridized carbons (Fsp3) is 0.368. The van der Waals surface area contributed by atoms with Crippen molar-refractivity contribution in [1.29, 1.82) is 0 Å². The summed E-state index contributed by atoms with van der Waals surface area (Å²) in [4.78, 5) is 0. The highest BCUT2D eigenvalue weighted by Crippen LogP contribution is 2.37. The molecule has 0 aliphatic carbocycles. The maximum atomic E-state index is 10.5. The van der Waals surface area contributed by atoms with Gasteiger partial charge in [0.1, 0.15) is 0 Å². The van der Waals surface area contributed by atoms with E-state index >= 15 is 0 Å². The lowest BCUT2D eigenvalue weighted by Gasteiger charge is -2.26. The SMILES string of the molecule is COc1ccc(CC(C)C(N)C(O)c2cc(O)c(O)c(Cl)c2)cc1OC.Cl. The van der Waals surface area contributed by atoms with Crippen molar-refractivity contribution in [2.45, 2.75) is 25.5 Å². The lowest BCUT2D eigenvalue weighted by Crippen LogP contribution is -2.36. The number of hydrogen-bond acceptors (Lipinski definition) is 6. The molecular weight excluding hydrogens is 393 g/mol. The summed E-state index contributed by atoms with van der Waals surface area (Å²) < 4.78 is 10.5. The molecule has 0 aliphatic rings. The zero-order valence-electron chi connectivity index (χ0n) is 15.3. The molecule has 0 fully saturated rings. The molecule has 2 rings (SSSR count). The zero-order chi connectivity index (χ0) is 19.4. The first-order chi connectivity index (χ1) is 12.3. The van der Waals surface area contributed by atoms with Crippen LogP contribution in [0.2, 0.25) is 5.02 Å². The number of halogens is 2. The molecule has 0 amide bonds. The molecule has 0 saturated heterocycles. The van der Waals surface area contributed by atoms with Crippen LogP contribution in [-0.2, 0) is 6.42 Å². The summed E-state index contributed by atoms with van der Waals surface area (Å²) in [5.74, 6) is 0.364. The van der Waals surface area contributed by atoms with Crippen molar-refractivity contribution in [3.63, 3.8) is 0 Å². The molecule has 0 aromatic heterocycles. The van der Waals surface area contributed by atoms with E-state index in [1.165, 1.54) is 12.1 Å². The van der Waals surface area contributed by atoms with Crippen molar-refractivity contribution in [1.82, 2.24) is 0 Å². The zero-order valence-corrected chi connectivity index (χ0v) is 16.9. The summed E-state index contributed by atoms with van der Waals surface area (Å²) in [5.41, 5.74) is 7.55. The van der Waals surface area contributed by atoms with Gasteiger partial charge in [0, 0.05) is 6.04 Å². The summed E-state index contributed by atoms with van der Waals surface area (Å²) in [7, 11) is 3.15. The van der Waals surface area contributed by atoms with Crippen LogP contribution in [0.3, 0.4) is 0 Å². The molecule has 0 spiro atoms. The number of aliphatic hydroxyl groups excluding tert-OH is 1. The standard InChI is InChI=1S/C19H24ClNO5.ClH/c1-10(6-11-4-5-15(25-2)16(7-11)26-3)17(21)18(23)12-8-13(20)19(24)14(22)9-12;/h4-5,7-10,17-18,22-24H,6,21H2,1-3H3;1H. The van der Waals surface area contributed by atoms with Crippen LogP contribution >= 0.6 is 24.0 Å². The molecule has 0 saturated carbocycles. The molecule has 27 heavy (non-hydrogen) atoms. The minimum Gasteiger partial charge on any atom is -0.504 e. The second-order valence-corrected chi connectivity index (χ2v) is 6.67. The minimum absolute atomic E-state index is 0. The molecule has 2 aromatic carbocycles. The predicted octanol–water partition coefficient (Wildman–Crippen LogP) is 3.43. The molecule has 5 N–H and O–H groups in total. The van der Waals surface area contributed by atoms with Crippen LogP contribution in [0.15, 0.2) is 30.3 Å². The molecule has 0 aliphatic heterocycles. The summed E-state index contributed by atoms with van der Waals surface area (Å²) in [5, 5.41) is 29.7. The summed E-state index contributed by atoms with van der Waals surface area (Å²) in [6, 6.07) is 7.65. The third-order valence-electron chi connectivity index (χ3n) is 4.43. The summed E-state index contributed by atoms with van der Waals surface area (Å²) in [6.45, 7) is 1.92. The molecule has 3 unspecified atom stereocenters. The Morgan fingerprint density at radius 1 is 1.07 bits per heavy atom. The van der Waals surface area contributed by atoms with Gasteiger partial charge in [0.15, 0.2) is 23.0 Å². The normalized spacial score (nSPS) is 14.0. The Balaban J connectivity index is 0.00000364. The average molecular weight is 418 g/mol. The number of methoxy groups -OCH3 is 2. The van der Waals surface area contributed by atoms with E-state index in [0.29, 0.717) is 23.5 Å². The number of rotatable bonds is 7. The van der Waals surface area contributed by atoms with E-state index in [1.807, 2.05) is 25.1 Å². The number of nitrogens with two attached hydrogens (primary N) is 1. The number of phenolic OH excluding ortho intramolecular Hbond substituents is 2. The highest BCUT2D eigenvalue weighted by atomic mass is 35.5. The molecule has 3 atom stereocenters. The van der Waals surface area contributed by atoms with Gasteiger partial charge in [-0.2, -0.15) is 0 Å². The average Bonchev–Trinajstić information content (AvgIpc) is 2.64. The van der Waals surface area contributed by atoms with Crippen LogP contribution < -0.4 is 15.2 Å². The summed E-state index contributed by atoms with van der Waals surface area (Å²) >= 11 is 5.85. The van der Waals surface area contributed by atoms with Gasteiger partial charge in [-0.1, -0.05) is 24.6 Å². The Labute approximate surface area is 169 Å². The molecule has 2 aromatic rings. The molecular formula is C19H25Cl2NO5. The number of benzene rings is 2. The molecule has 0 heterocycles. The largest absolute Gasteiger partial charge is 0.504 e. The van der Waals surface area contributed by atoms with Crippen molar-refractivity contribution in [3.8, 4) is 23.0 Å². The minimum atomic E-state index is -1.05. The Hall–Kier alpha value is -1.86. The van der Waals surface area contributed by atoms with Crippen LogP contribution in [-0.4, -0.2) is 35.6 Å². The van der Waals surface area contributed by atoms with E-state index in [0.717, 1.165) is 5.56 Å². The van der Waals surface area contributed by atoms with Gasteiger partial charge in [0.25, 0.3) is 0 Å². The van der Waals surface area contributed by atoms with Gasteiger partial charge >= 0.3 is 0 Å². The topological polar surface area (TPSA) is 105 Å². The Morgan fingerprint density at radius 3 is 2.26 bits per heavy atom. The monoisotopic (exact) mass is 417 g/mol. The van der Waals surface area contributed by atoms with Crippen LogP contribution in [0.1, 0.15) is 24.2 Å². The van der Waals surface area contributed by atoms with E-state index < -0.39 is 23.6 Å². The van der Waals surface area contributed by atoms with Crippen molar-refractivity contribution < 1.29 is 24.8 Å². The van der Waals surface area contributed by atoms with E-state index in [4.69, 9.17) is 26.8 Å². The van der Waals surface area contributed by atoms with Gasteiger partial charge in [0.2, 0.25) is 0 Å². The quantitative estimate of drug-likeness (QED) is 0.514. The molecule has 0 bridgehead atoms. The number of aliphatic hydroxyl groups is 1. The molecule has 8 heteroatoms. The highest BCUT2D eigenvalue weighted by Gasteiger charge is 2.25. The van der Waals surface area contributed by atoms with Crippen molar-refractivity contribution in [2.24, 2.45) is 11.7 Å². The van der Waals surface area contributed by atoms with Gasteiger partial charge in [-0.05, 0) is 47.7 Å². The third-order valence-corrected chi connectivity index (χ3v) is 4.72. The fourth-order valence-corrected chi connectivity index (χ4v) is 3.05. The molecule has 0 radical (unpaired) electrons. The Kier molecular flexibility index (Phi) is 8.50. The summed E-state index contributed by atoms with van der Waals surface area (Å²) in [6.07, 6.45) is -0.440. The number of hydrogen-bond donors (Lipinski definition) is 4. The molecule has 150 valence electrons.